The van der Waals surface area contributed by atoms with E-state index in [0.717, 1.165) is 31.7 Å². The zero-order valence-electron chi connectivity index (χ0n) is 13.7. The molecule has 0 atom stereocenters. The molecule has 1 aliphatic rings. The van der Waals surface area contributed by atoms with Crippen LogP contribution in [-0.4, -0.2) is 32.1 Å². The fourth-order valence-corrected chi connectivity index (χ4v) is 2.95. The maximum absolute atomic E-state index is 12.9. The molecule has 1 amide bonds. The number of nitrogens with zero attached hydrogens (tertiary/aromatic N) is 1. The predicted molar refractivity (Wildman–Crippen MR) is 92.1 cm³/mol. The van der Waals surface area contributed by atoms with E-state index < -0.39 is 0 Å². The molecular formula is C19H21FN2O2. The Morgan fingerprint density at radius 3 is 2.29 bits per heavy atom. The lowest BCUT2D eigenvalue weighted by Gasteiger charge is -2.34. The average Bonchev–Trinajstić information content (AvgIpc) is 2.63. The normalized spacial score (nSPS) is 15.2. The summed E-state index contributed by atoms with van der Waals surface area (Å²) in [7, 11) is 1.66. The van der Waals surface area contributed by atoms with E-state index in [-0.39, 0.29) is 17.8 Å². The highest BCUT2D eigenvalue weighted by Gasteiger charge is 2.21. The fourth-order valence-electron chi connectivity index (χ4n) is 2.95. The molecule has 2 aromatic carbocycles. The van der Waals surface area contributed by atoms with E-state index in [9.17, 15) is 9.18 Å². The van der Waals surface area contributed by atoms with Crippen LogP contribution in [0.1, 0.15) is 23.2 Å². The first-order valence-electron chi connectivity index (χ1n) is 8.11. The molecule has 3 rings (SSSR count). The van der Waals surface area contributed by atoms with E-state index in [1.807, 2.05) is 12.1 Å². The summed E-state index contributed by atoms with van der Waals surface area (Å²) in [4.78, 5) is 14.5. The number of piperidine rings is 1. The molecule has 1 aliphatic heterocycles. The molecule has 2 aromatic rings. The van der Waals surface area contributed by atoms with E-state index in [1.165, 1.54) is 30.0 Å². The van der Waals surface area contributed by atoms with Crippen molar-refractivity contribution >= 4 is 11.6 Å². The summed E-state index contributed by atoms with van der Waals surface area (Å²) in [5, 5.41) is 3.04. The first-order chi connectivity index (χ1) is 11.7. The number of nitrogens with one attached hydrogen (secondary N) is 1. The van der Waals surface area contributed by atoms with Crippen LogP contribution in [0.5, 0.6) is 5.75 Å². The van der Waals surface area contributed by atoms with Gasteiger partial charge in [-0.1, -0.05) is 0 Å². The van der Waals surface area contributed by atoms with E-state index >= 15 is 0 Å². The van der Waals surface area contributed by atoms with Gasteiger partial charge in [0.15, 0.2) is 0 Å². The van der Waals surface area contributed by atoms with Gasteiger partial charge < -0.3 is 15.0 Å². The third kappa shape index (κ3) is 3.85. The Morgan fingerprint density at radius 2 is 1.71 bits per heavy atom. The Kier molecular flexibility index (Phi) is 4.99. The number of anilines is 1. The predicted octanol–water partition coefficient (Wildman–Crippen LogP) is 3.23. The highest BCUT2D eigenvalue weighted by Crippen LogP contribution is 2.23. The van der Waals surface area contributed by atoms with Gasteiger partial charge in [0.2, 0.25) is 0 Å². The second kappa shape index (κ2) is 7.34. The number of carbonyl (C=O) groups excluding carboxylic acids is 1. The van der Waals surface area contributed by atoms with Crippen LogP contribution in [-0.2, 0) is 0 Å². The minimum Gasteiger partial charge on any atom is -0.497 e. The molecule has 0 aromatic heterocycles. The zero-order chi connectivity index (χ0) is 16.9. The van der Waals surface area contributed by atoms with Gasteiger partial charge in [0.25, 0.3) is 5.91 Å². The molecule has 1 saturated heterocycles. The lowest BCUT2D eigenvalue weighted by molar-refractivity contribution is 0.0931. The fraction of sp³-hybridized carbons (Fsp3) is 0.316. The number of ether oxygens (including phenoxy) is 1. The van der Waals surface area contributed by atoms with Gasteiger partial charge in [-0.2, -0.15) is 0 Å². The number of halogens is 1. The number of hydrogen-bond acceptors (Lipinski definition) is 3. The molecule has 0 aliphatic carbocycles. The van der Waals surface area contributed by atoms with Crippen molar-refractivity contribution < 1.29 is 13.9 Å². The summed E-state index contributed by atoms with van der Waals surface area (Å²) in [6, 6.07) is 13.8. The van der Waals surface area contributed by atoms with E-state index in [2.05, 4.69) is 22.3 Å². The van der Waals surface area contributed by atoms with Crippen LogP contribution in [0.2, 0.25) is 0 Å². The summed E-state index contributed by atoms with van der Waals surface area (Å²) in [6.45, 7) is 1.78. The maximum Gasteiger partial charge on any atom is 0.251 e. The molecule has 1 heterocycles. The molecule has 1 N–H and O–H groups in total. The zero-order valence-corrected chi connectivity index (χ0v) is 13.7. The molecule has 24 heavy (non-hydrogen) atoms. The van der Waals surface area contributed by atoms with Crippen LogP contribution in [0.3, 0.4) is 0 Å². The number of rotatable bonds is 4. The van der Waals surface area contributed by atoms with Crippen molar-refractivity contribution in [1.29, 1.82) is 0 Å². The van der Waals surface area contributed by atoms with Crippen LogP contribution in [0.4, 0.5) is 10.1 Å². The van der Waals surface area contributed by atoms with Crippen molar-refractivity contribution in [3.63, 3.8) is 0 Å². The number of amides is 1. The topological polar surface area (TPSA) is 41.6 Å². The first-order valence-corrected chi connectivity index (χ1v) is 8.11. The number of methoxy groups -OCH3 is 1. The molecule has 4 nitrogen and oxygen atoms in total. The quantitative estimate of drug-likeness (QED) is 0.937. The average molecular weight is 328 g/mol. The van der Waals surface area contributed by atoms with Gasteiger partial charge >= 0.3 is 0 Å². The van der Waals surface area contributed by atoms with Gasteiger partial charge in [-0.25, -0.2) is 4.39 Å². The Labute approximate surface area is 141 Å². The summed E-state index contributed by atoms with van der Waals surface area (Å²) in [6.07, 6.45) is 1.78. The number of benzene rings is 2. The highest BCUT2D eigenvalue weighted by molar-refractivity contribution is 5.94. The molecule has 5 heteroatoms. The Balaban J connectivity index is 1.52. The van der Waals surface area contributed by atoms with Gasteiger partial charge in [0.1, 0.15) is 11.6 Å². The summed E-state index contributed by atoms with van der Waals surface area (Å²) in [5.74, 6) is 0.373. The summed E-state index contributed by atoms with van der Waals surface area (Å²) < 4.78 is 18.1. The van der Waals surface area contributed by atoms with Crippen LogP contribution >= 0.6 is 0 Å². The standard InChI is InChI=1S/C19H21FN2O2/c1-24-18-8-6-17(7-9-18)22-12-10-16(11-13-22)21-19(23)14-2-4-15(20)5-3-14/h2-9,16H,10-13H2,1H3,(H,21,23). The number of hydrogen-bond donors (Lipinski definition) is 1. The second-order valence-electron chi connectivity index (χ2n) is 5.94. The Morgan fingerprint density at radius 1 is 1.08 bits per heavy atom. The minimum absolute atomic E-state index is 0.141. The van der Waals surface area contributed by atoms with E-state index in [1.54, 1.807) is 7.11 Å². The third-order valence-electron chi connectivity index (χ3n) is 4.37. The molecule has 0 saturated carbocycles. The Hall–Kier alpha value is -2.56. The molecule has 0 spiro atoms. The first kappa shape index (κ1) is 16.3. The molecular weight excluding hydrogens is 307 g/mol. The van der Waals surface area contributed by atoms with E-state index in [4.69, 9.17) is 4.74 Å². The van der Waals surface area contributed by atoms with Gasteiger partial charge in [0, 0.05) is 30.4 Å². The third-order valence-corrected chi connectivity index (χ3v) is 4.37. The van der Waals surface area contributed by atoms with Crippen molar-refractivity contribution in [2.75, 3.05) is 25.1 Å². The Bertz CT molecular complexity index is 678. The molecule has 1 fully saturated rings. The smallest absolute Gasteiger partial charge is 0.251 e. The second-order valence-corrected chi connectivity index (χ2v) is 5.94. The summed E-state index contributed by atoms with van der Waals surface area (Å²) >= 11 is 0. The lowest BCUT2D eigenvalue weighted by Crippen LogP contribution is -2.44. The van der Waals surface area contributed by atoms with Crippen LogP contribution in [0.15, 0.2) is 48.5 Å². The monoisotopic (exact) mass is 328 g/mol. The molecule has 0 radical (unpaired) electrons. The minimum atomic E-state index is -0.334. The largest absolute Gasteiger partial charge is 0.497 e. The highest BCUT2D eigenvalue weighted by atomic mass is 19.1. The van der Waals surface area contributed by atoms with Crippen LogP contribution in [0.25, 0.3) is 0 Å². The molecule has 0 bridgehead atoms. The van der Waals surface area contributed by atoms with Gasteiger partial charge in [-0.15, -0.1) is 0 Å². The lowest BCUT2D eigenvalue weighted by atomic mass is 10.0. The van der Waals surface area contributed by atoms with Crippen molar-refractivity contribution in [3.05, 3.63) is 59.9 Å². The summed E-state index contributed by atoms with van der Waals surface area (Å²) in [5.41, 5.74) is 1.66. The SMILES string of the molecule is COc1ccc(N2CCC(NC(=O)c3ccc(F)cc3)CC2)cc1. The van der Waals surface area contributed by atoms with Crippen molar-refractivity contribution in [1.82, 2.24) is 5.32 Å². The van der Waals surface area contributed by atoms with E-state index in [0.29, 0.717) is 5.56 Å². The van der Waals surface area contributed by atoms with Crippen molar-refractivity contribution in [3.8, 4) is 5.75 Å². The van der Waals surface area contributed by atoms with Crippen LogP contribution < -0.4 is 15.0 Å². The molecule has 126 valence electrons. The van der Waals surface area contributed by atoms with Crippen molar-refractivity contribution in [2.24, 2.45) is 0 Å². The van der Waals surface area contributed by atoms with Gasteiger partial charge in [-0.3, -0.25) is 4.79 Å². The van der Waals surface area contributed by atoms with Gasteiger partial charge in [0.05, 0.1) is 7.11 Å². The molecule has 0 unspecified atom stereocenters. The van der Waals surface area contributed by atoms with Gasteiger partial charge in [-0.05, 0) is 61.4 Å². The maximum atomic E-state index is 12.9. The van der Waals surface area contributed by atoms with Crippen LogP contribution in [0, 0.1) is 5.82 Å². The van der Waals surface area contributed by atoms with Crippen molar-refractivity contribution in [2.45, 2.75) is 18.9 Å². The number of carbonyl (C=O) groups is 1.